The molecule has 1 fully saturated rings. The van der Waals surface area contributed by atoms with Gasteiger partial charge in [-0.3, -0.25) is 4.79 Å². The molecule has 2 aromatic rings. The number of amides is 1. The zero-order chi connectivity index (χ0) is 19.4. The highest BCUT2D eigenvalue weighted by molar-refractivity contribution is 7.89. The third kappa shape index (κ3) is 5.14. The molecule has 1 saturated carbocycles. The van der Waals surface area contributed by atoms with Gasteiger partial charge in [-0.15, -0.1) is 0 Å². The Hall–Kier alpha value is -2.25. The van der Waals surface area contributed by atoms with Gasteiger partial charge in [0.05, 0.1) is 4.90 Å². The Morgan fingerprint density at radius 3 is 2.22 bits per heavy atom. The van der Waals surface area contributed by atoms with Crippen molar-refractivity contribution in [2.45, 2.75) is 43.2 Å². The lowest BCUT2D eigenvalue weighted by molar-refractivity contribution is -0.132. The van der Waals surface area contributed by atoms with E-state index >= 15 is 0 Å². The fourth-order valence-corrected chi connectivity index (χ4v) is 3.67. The molecule has 0 spiro atoms. The van der Waals surface area contributed by atoms with Crippen molar-refractivity contribution in [2.75, 3.05) is 7.05 Å². The Bertz CT molecular complexity index is 892. The van der Waals surface area contributed by atoms with Crippen LogP contribution in [0, 0.1) is 5.82 Å². The summed E-state index contributed by atoms with van der Waals surface area (Å²) < 4.78 is 38.8. The third-order valence-corrected chi connectivity index (χ3v) is 6.13. The molecule has 1 N–H and O–H groups in total. The van der Waals surface area contributed by atoms with Crippen molar-refractivity contribution in [3.05, 3.63) is 65.5 Å². The molecule has 0 radical (unpaired) electrons. The quantitative estimate of drug-likeness (QED) is 0.754. The molecule has 1 aliphatic rings. The van der Waals surface area contributed by atoms with E-state index in [4.69, 9.17) is 0 Å². The van der Waals surface area contributed by atoms with Gasteiger partial charge in [0, 0.05) is 19.0 Å². The summed E-state index contributed by atoms with van der Waals surface area (Å²) in [7, 11) is -2.08. The van der Waals surface area contributed by atoms with E-state index < -0.39 is 10.0 Å². The first kappa shape index (κ1) is 19.5. The summed E-state index contributed by atoms with van der Waals surface area (Å²) in [6.45, 7) is 0.489. The molecule has 0 bridgehead atoms. The van der Waals surface area contributed by atoms with Crippen molar-refractivity contribution < 1.29 is 17.6 Å². The zero-order valence-electron chi connectivity index (χ0n) is 15.2. The molecule has 0 aliphatic heterocycles. The number of rotatable bonds is 8. The summed E-state index contributed by atoms with van der Waals surface area (Å²) in [5.74, 6) is -0.222. The normalized spacial score (nSPS) is 14.1. The number of sulfonamides is 1. The van der Waals surface area contributed by atoms with Crippen LogP contribution in [-0.2, 0) is 27.8 Å². The van der Waals surface area contributed by atoms with Crippen LogP contribution in [0.4, 0.5) is 4.39 Å². The maximum absolute atomic E-state index is 13.1. The SMILES string of the molecule is CNS(=O)(=O)c1ccc(CCC(=O)N(Cc2ccc(F)cc2)C2CC2)cc1. The van der Waals surface area contributed by atoms with E-state index in [-0.39, 0.29) is 22.7 Å². The van der Waals surface area contributed by atoms with Gasteiger partial charge in [-0.1, -0.05) is 24.3 Å². The number of hydrogen-bond donors (Lipinski definition) is 1. The molecule has 1 amide bonds. The predicted octanol–water partition coefficient (Wildman–Crippen LogP) is 2.86. The van der Waals surface area contributed by atoms with E-state index in [1.165, 1.54) is 19.2 Å². The number of carbonyl (C=O) groups excluding carboxylic acids is 1. The minimum absolute atomic E-state index is 0.0637. The number of halogens is 1. The highest BCUT2D eigenvalue weighted by Crippen LogP contribution is 2.29. The molecule has 0 atom stereocenters. The number of carbonyl (C=O) groups is 1. The molecule has 0 heterocycles. The highest BCUT2D eigenvalue weighted by atomic mass is 32.2. The first-order valence-corrected chi connectivity index (χ1v) is 10.4. The van der Waals surface area contributed by atoms with Gasteiger partial charge in [-0.05, 0) is 61.7 Å². The number of benzene rings is 2. The summed E-state index contributed by atoms with van der Waals surface area (Å²) in [6, 6.07) is 13.1. The molecular formula is C20H23FN2O3S. The molecular weight excluding hydrogens is 367 g/mol. The van der Waals surface area contributed by atoms with E-state index in [9.17, 15) is 17.6 Å². The molecule has 5 nitrogen and oxygen atoms in total. The van der Waals surface area contributed by atoms with Gasteiger partial charge >= 0.3 is 0 Å². The molecule has 144 valence electrons. The maximum Gasteiger partial charge on any atom is 0.240 e. The second-order valence-corrected chi connectivity index (χ2v) is 8.62. The maximum atomic E-state index is 13.1. The third-order valence-electron chi connectivity index (χ3n) is 4.70. The number of nitrogens with zero attached hydrogens (tertiary/aromatic N) is 1. The molecule has 2 aromatic carbocycles. The molecule has 3 rings (SSSR count). The molecule has 1 aliphatic carbocycles. The largest absolute Gasteiger partial charge is 0.335 e. The lowest BCUT2D eigenvalue weighted by Crippen LogP contribution is -2.32. The lowest BCUT2D eigenvalue weighted by atomic mass is 10.1. The second-order valence-electron chi connectivity index (χ2n) is 6.73. The van der Waals surface area contributed by atoms with Crippen molar-refractivity contribution in [3.8, 4) is 0 Å². The summed E-state index contributed by atoms with van der Waals surface area (Å²) in [5, 5.41) is 0. The standard InChI is InChI=1S/C20H23FN2O3S/c1-22-27(25,26)19-11-4-15(5-12-19)6-13-20(24)23(18-9-10-18)14-16-2-7-17(21)8-3-16/h2-5,7-8,11-12,18,22H,6,9-10,13-14H2,1H3. The van der Waals surface area contributed by atoms with Crippen molar-refractivity contribution >= 4 is 15.9 Å². The van der Waals surface area contributed by atoms with E-state index in [2.05, 4.69) is 4.72 Å². The lowest BCUT2D eigenvalue weighted by Gasteiger charge is -2.22. The Morgan fingerprint density at radius 2 is 1.67 bits per heavy atom. The molecule has 0 unspecified atom stereocenters. The summed E-state index contributed by atoms with van der Waals surface area (Å²) in [5.41, 5.74) is 1.83. The van der Waals surface area contributed by atoms with E-state index in [0.29, 0.717) is 19.4 Å². The molecule has 0 saturated heterocycles. The van der Waals surface area contributed by atoms with Crippen LogP contribution in [0.15, 0.2) is 53.4 Å². The van der Waals surface area contributed by atoms with Crippen molar-refractivity contribution in [1.29, 1.82) is 0 Å². The monoisotopic (exact) mass is 390 g/mol. The predicted molar refractivity (Wildman–Crippen MR) is 101 cm³/mol. The second kappa shape index (κ2) is 8.19. The van der Waals surface area contributed by atoms with Crippen LogP contribution in [-0.4, -0.2) is 32.3 Å². The highest BCUT2D eigenvalue weighted by Gasteiger charge is 2.32. The Labute approximate surface area is 159 Å². The van der Waals surface area contributed by atoms with Gasteiger partial charge in [0.1, 0.15) is 5.82 Å². The average molecular weight is 390 g/mol. The van der Waals surface area contributed by atoms with E-state index in [1.54, 1.807) is 36.4 Å². The number of nitrogens with one attached hydrogen (secondary N) is 1. The van der Waals surface area contributed by atoms with Crippen molar-refractivity contribution in [1.82, 2.24) is 9.62 Å². The summed E-state index contributed by atoms with van der Waals surface area (Å²) >= 11 is 0. The fraction of sp³-hybridized carbons (Fsp3) is 0.350. The van der Waals surface area contributed by atoms with Crippen LogP contribution in [0.2, 0.25) is 0 Å². The molecule has 7 heteroatoms. The van der Waals surface area contributed by atoms with Crippen LogP contribution in [0.5, 0.6) is 0 Å². The first-order valence-electron chi connectivity index (χ1n) is 8.95. The van der Waals surface area contributed by atoms with Gasteiger partial charge < -0.3 is 4.90 Å². The van der Waals surface area contributed by atoms with Gasteiger partial charge in [0.25, 0.3) is 0 Å². The fourth-order valence-electron chi connectivity index (χ4n) is 2.94. The topological polar surface area (TPSA) is 66.5 Å². The van der Waals surface area contributed by atoms with E-state index in [0.717, 1.165) is 24.0 Å². The number of hydrogen-bond acceptors (Lipinski definition) is 3. The summed E-state index contributed by atoms with van der Waals surface area (Å²) in [4.78, 5) is 14.8. The average Bonchev–Trinajstić information content (AvgIpc) is 3.51. The molecule has 0 aromatic heterocycles. The molecule has 27 heavy (non-hydrogen) atoms. The van der Waals surface area contributed by atoms with Gasteiger partial charge in [0.15, 0.2) is 0 Å². The van der Waals surface area contributed by atoms with Gasteiger partial charge in [-0.25, -0.2) is 17.5 Å². The van der Waals surface area contributed by atoms with E-state index in [1.807, 2.05) is 4.90 Å². The van der Waals surface area contributed by atoms with Crippen LogP contribution >= 0.6 is 0 Å². The van der Waals surface area contributed by atoms with Crippen LogP contribution in [0.3, 0.4) is 0 Å². The Morgan fingerprint density at radius 1 is 1.07 bits per heavy atom. The number of aryl methyl sites for hydroxylation is 1. The summed E-state index contributed by atoms with van der Waals surface area (Å²) in [6.07, 6.45) is 2.91. The van der Waals surface area contributed by atoms with Gasteiger partial charge in [0.2, 0.25) is 15.9 Å². The van der Waals surface area contributed by atoms with Crippen LogP contribution in [0.1, 0.15) is 30.4 Å². The smallest absolute Gasteiger partial charge is 0.240 e. The van der Waals surface area contributed by atoms with Gasteiger partial charge in [-0.2, -0.15) is 0 Å². The minimum Gasteiger partial charge on any atom is -0.335 e. The van der Waals surface area contributed by atoms with Crippen LogP contribution < -0.4 is 4.72 Å². The van der Waals surface area contributed by atoms with Crippen molar-refractivity contribution in [3.63, 3.8) is 0 Å². The first-order chi connectivity index (χ1) is 12.9. The Kier molecular flexibility index (Phi) is 5.92. The zero-order valence-corrected chi connectivity index (χ0v) is 16.0. The van der Waals surface area contributed by atoms with Crippen LogP contribution in [0.25, 0.3) is 0 Å². The minimum atomic E-state index is -3.45. The van der Waals surface area contributed by atoms with Crippen molar-refractivity contribution in [2.24, 2.45) is 0 Å². The Balaban J connectivity index is 1.60.